The first-order valence-corrected chi connectivity index (χ1v) is 20.7. The number of aryl methyl sites for hydroxylation is 1. The standard InChI is InChI=1S/C54H42BN3/c1-53-33-32-38-20-12-13-25-43(38)54(53,2)58(47-31-30-39(34-44(47)53)37-18-6-3-7-19-37)42-35-50-52-51(36-42)57(41-23-10-5-11-24-41)49-29-17-15-27-46(49)55(52)45-26-14-16-28-48(45)56(50)40-21-8-4-9-22-40/h3-31,34-36H,32-33H2,1-2H3. The lowest BCUT2D eigenvalue weighted by Crippen LogP contribution is -2.61. The number of benzene rings is 8. The number of fused-ring (bicyclic) bond motifs is 9. The molecule has 12 rings (SSSR count). The number of hydrogen-bond acceptors (Lipinski definition) is 3. The fourth-order valence-corrected chi connectivity index (χ4v) is 11.2. The van der Waals surface area contributed by atoms with Crippen LogP contribution in [0.1, 0.15) is 37.0 Å². The van der Waals surface area contributed by atoms with Crippen molar-refractivity contribution in [3.05, 3.63) is 211 Å². The van der Waals surface area contributed by atoms with Gasteiger partial charge in [0.25, 0.3) is 6.71 Å². The maximum Gasteiger partial charge on any atom is 0.252 e. The Morgan fingerprint density at radius 2 is 0.966 bits per heavy atom. The molecule has 0 radical (unpaired) electrons. The molecule has 276 valence electrons. The summed E-state index contributed by atoms with van der Waals surface area (Å²) < 4.78 is 0. The van der Waals surface area contributed by atoms with Crippen LogP contribution in [0, 0.1) is 0 Å². The van der Waals surface area contributed by atoms with E-state index in [9.17, 15) is 0 Å². The van der Waals surface area contributed by atoms with Gasteiger partial charge >= 0.3 is 0 Å². The molecule has 3 nitrogen and oxygen atoms in total. The molecule has 1 aliphatic carbocycles. The summed E-state index contributed by atoms with van der Waals surface area (Å²) in [4.78, 5) is 7.78. The topological polar surface area (TPSA) is 9.72 Å². The van der Waals surface area contributed by atoms with Gasteiger partial charge in [-0.05, 0) is 125 Å². The van der Waals surface area contributed by atoms with Crippen molar-refractivity contribution in [3.63, 3.8) is 0 Å². The molecule has 8 aromatic rings. The van der Waals surface area contributed by atoms with Crippen LogP contribution < -0.4 is 31.1 Å². The molecule has 0 spiro atoms. The van der Waals surface area contributed by atoms with Crippen LogP contribution in [0.2, 0.25) is 0 Å². The highest BCUT2D eigenvalue weighted by Crippen LogP contribution is 2.64. The van der Waals surface area contributed by atoms with Crippen LogP contribution in [-0.4, -0.2) is 6.71 Å². The molecule has 4 aliphatic rings. The molecule has 2 atom stereocenters. The second kappa shape index (κ2) is 12.4. The van der Waals surface area contributed by atoms with E-state index in [2.05, 4.69) is 223 Å². The van der Waals surface area contributed by atoms with E-state index >= 15 is 0 Å². The van der Waals surface area contributed by atoms with E-state index in [4.69, 9.17) is 0 Å². The van der Waals surface area contributed by atoms with Crippen molar-refractivity contribution >= 4 is 68.6 Å². The molecule has 0 saturated heterocycles. The first-order valence-electron chi connectivity index (χ1n) is 20.7. The Hall–Kier alpha value is -6.78. The second-order valence-corrected chi connectivity index (χ2v) is 16.8. The minimum absolute atomic E-state index is 0.0712. The van der Waals surface area contributed by atoms with Gasteiger partial charge in [-0.25, -0.2) is 0 Å². The summed E-state index contributed by atoms with van der Waals surface area (Å²) in [6.45, 7) is 5.13. The Morgan fingerprint density at radius 3 is 1.59 bits per heavy atom. The molecule has 58 heavy (non-hydrogen) atoms. The summed E-state index contributed by atoms with van der Waals surface area (Å²) in [5, 5.41) is 0. The Morgan fingerprint density at radius 1 is 0.431 bits per heavy atom. The van der Waals surface area contributed by atoms with Crippen LogP contribution in [-0.2, 0) is 17.4 Å². The van der Waals surface area contributed by atoms with Crippen LogP contribution in [0.3, 0.4) is 0 Å². The summed E-state index contributed by atoms with van der Waals surface area (Å²) in [7, 11) is 0. The maximum atomic E-state index is 2.73. The summed E-state index contributed by atoms with van der Waals surface area (Å²) in [6.07, 6.45) is 2.12. The Bertz CT molecular complexity index is 2800. The van der Waals surface area contributed by atoms with Gasteiger partial charge in [-0.1, -0.05) is 140 Å². The minimum Gasteiger partial charge on any atom is -0.330 e. The lowest BCUT2D eigenvalue weighted by Gasteiger charge is -2.52. The molecule has 0 saturated carbocycles. The third kappa shape index (κ3) is 4.46. The largest absolute Gasteiger partial charge is 0.330 e. The Labute approximate surface area is 341 Å². The first-order chi connectivity index (χ1) is 28.5. The van der Waals surface area contributed by atoms with Gasteiger partial charge in [0.05, 0.1) is 5.54 Å². The maximum absolute atomic E-state index is 2.73. The van der Waals surface area contributed by atoms with Gasteiger partial charge in [0.1, 0.15) is 0 Å². The zero-order valence-corrected chi connectivity index (χ0v) is 32.8. The third-order valence-electron chi connectivity index (χ3n) is 14.1. The van der Waals surface area contributed by atoms with Gasteiger partial charge in [0.15, 0.2) is 0 Å². The fourth-order valence-electron chi connectivity index (χ4n) is 11.2. The molecule has 3 heterocycles. The highest BCUT2D eigenvalue weighted by molar-refractivity contribution is 7.00. The van der Waals surface area contributed by atoms with E-state index < -0.39 is 0 Å². The van der Waals surface area contributed by atoms with E-state index in [-0.39, 0.29) is 17.7 Å². The molecular formula is C54H42BN3. The number of nitrogens with zero attached hydrogens (tertiary/aromatic N) is 3. The monoisotopic (exact) mass is 743 g/mol. The molecule has 0 amide bonds. The van der Waals surface area contributed by atoms with E-state index in [1.165, 1.54) is 78.3 Å². The van der Waals surface area contributed by atoms with E-state index in [0.29, 0.717) is 0 Å². The van der Waals surface area contributed by atoms with Crippen LogP contribution in [0.25, 0.3) is 11.1 Å². The summed E-state index contributed by atoms with van der Waals surface area (Å²) in [6, 6.07) is 72.5. The predicted molar refractivity (Wildman–Crippen MR) is 244 cm³/mol. The van der Waals surface area contributed by atoms with Gasteiger partial charge in [0, 0.05) is 50.9 Å². The molecule has 3 aliphatic heterocycles. The van der Waals surface area contributed by atoms with Gasteiger partial charge in [-0.2, -0.15) is 0 Å². The Kier molecular flexibility index (Phi) is 7.11. The number of para-hydroxylation sites is 4. The van der Waals surface area contributed by atoms with Gasteiger partial charge in [-0.15, -0.1) is 0 Å². The zero-order chi connectivity index (χ0) is 38.6. The lowest BCUT2D eigenvalue weighted by molar-refractivity contribution is 0.245. The molecule has 0 N–H and O–H groups in total. The van der Waals surface area contributed by atoms with Crippen molar-refractivity contribution in [3.8, 4) is 11.1 Å². The highest BCUT2D eigenvalue weighted by atomic mass is 15.3. The van der Waals surface area contributed by atoms with Crippen molar-refractivity contribution in [1.82, 2.24) is 0 Å². The van der Waals surface area contributed by atoms with Gasteiger partial charge < -0.3 is 14.7 Å². The minimum atomic E-state index is -0.367. The average Bonchev–Trinajstić information content (AvgIpc) is 3.50. The van der Waals surface area contributed by atoms with Crippen LogP contribution in [0.15, 0.2) is 194 Å². The van der Waals surface area contributed by atoms with Crippen molar-refractivity contribution in [1.29, 1.82) is 0 Å². The predicted octanol–water partition coefficient (Wildman–Crippen LogP) is 11.7. The van der Waals surface area contributed by atoms with E-state index in [0.717, 1.165) is 24.2 Å². The number of hydrogen-bond donors (Lipinski definition) is 0. The van der Waals surface area contributed by atoms with Crippen molar-refractivity contribution < 1.29 is 0 Å². The highest BCUT2D eigenvalue weighted by Gasteiger charge is 2.60. The van der Waals surface area contributed by atoms with Crippen molar-refractivity contribution in [2.45, 2.75) is 37.6 Å². The average molecular weight is 744 g/mol. The first kappa shape index (κ1) is 33.4. The van der Waals surface area contributed by atoms with Crippen LogP contribution in [0.5, 0.6) is 0 Å². The summed E-state index contributed by atoms with van der Waals surface area (Å²) in [5.74, 6) is 0. The molecule has 0 fully saturated rings. The lowest BCUT2D eigenvalue weighted by atomic mass is 9.33. The van der Waals surface area contributed by atoms with Crippen molar-refractivity contribution in [2.75, 3.05) is 14.7 Å². The summed E-state index contributed by atoms with van der Waals surface area (Å²) >= 11 is 0. The molecule has 8 aromatic carbocycles. The molecule has 4 heteroatoms. The van der Waals surface area contributed by atoms with E-state index in [1.807, 2.05) is 0 Å². The molecule has 0 aromatic heterocycles. The quantitative estimate of drug-likeness (QED) is 0.166. The van der Waals surface area contributed by atoms with Gasteiger partial charge in [-0.3, -0.25) is 0 Å². The van der Waals surface area contributed by atoms with E-state index in [1.54, 1.807) is 0 Å². The Balaban J connectivity index is 1.19. The van der Waals surface area contributed by atoms with Crippen LogP contribution >= 0.6 is 0 Å². The fraction of sp³-hybridized carbons (Fsp3) is 0.111. The smallest absolute Gasteiger partial charge is 0.252 e. The summed E-state index contributed by atoms with van der Waals surface area (Å²) in [5.41, 5.74) is 20.0. The number of rotatable bonds is 4. The normalized spacial score (nSPS) is 19.4. The molecular weight excluding hydrogens is 701 g/mol. The number of anilines is 8. The second-order valence-electron chi connectivity index (χ2n) is 16.8. The van der Waals surface area contributed by atoms with Gasteiger partial charge in [0.2, 0.25) is 0 Å². The van der Waals surface area contributed by atoms with Crippen LogP contribution in [0.4, 0.5) is 45.5 Å². The zero-order valence-electron chi connectivity index (χ0n) is 32.8. The SMILES string of the molecule is CC12CCc3ccccc3C1(C)N(c1cc3c4c(c1)N(c1ccccc1)c1ccccc1B4c1ccccc1N3c1ccccc1)c1ccc(-c3ccccc3)cc12. The molecule has 0 bridgehead atoms. The molecule has 2 unspecified atom stereocenters. The van der Waals surface area contributed by atoms with Crippen molar-refractivity contribution in [2.24, 2.45) is 0 Å². The third-order valence-corrected chi connectivity index (χ3v) is 14.1.